The standard InChI is InChI=1S/C30H55NO6/c1-2-3-4-5-6-7-8-9-10-11-12-13-14-15-16-17-24-31(25-18-21-28(32)33,26-19-22-29(34)35)27-20-23-30(36)37/h2-3H,4-27H2,1H3,(H2-,32,33,34,35,36,37)/b3-2+. The van der Waals surface area contributed by atoms with Crippen LogP contribution in [0.25, 0.3) is 0 Å². The van der Waals surface area contributed by atoms with Gasteiger partial charge in [0.2, 0.25) is 0 Å². The quantitative estimate of drug-likeness (QED) is 0.0724. The maximum atomic E-state index is 11.0. The van der Waals surface area contributed by atoms with E-state index in [4.69, 9.17) is 10.2 Å². The van der Waals surface area contributed by atoms with Crippen molar-refractivity contribution in [2.75, 3.05) is 26.2 Å². The first-order valence-electron chi connectivity index (χ1n) is 14.9. The summed E-state index contributed by atoms with van der Waals surface area (Å²) in [6, 6.07) is 0. The largest absolute Gasteiger partial charge is 0.550 e. The first kappa shape index (κ1) is 35.1. The average Bonchev–Trinajstić information content (AvgIpc) is 2.83. The molecule has 0 atom stereocenters. The van der Waals surface area contributed by atoms with Gasteiger partial charge in [0, 0.05) is 25.2 Å². The fourth-order valence-electron chi connectivity index (χ4n) is 5.18. The molecule has 0 saturated carbocycles. The van der Waals surface area contributed by atoms with Crippen LogP contribution < -0.4 is 5.11 Å². The van der Waals surface area contributed by atoms with Crippen LogP contribution >= 0.6 is 0 Å². The number of rotatable bonds is 28. The highest BCUT2D eigenvalue weighted by atomic mass is 16.4. The number of hydrogen-bond acceptors (Lipinski definition) is 4. The highest BCUT2D eigenvalue weighted by molar-refractivity contribution is 5.66. The summed E-state index contributed by atoms with van der Waals surface area (Å²) in [5.74, 6) is -2.74. The smallest absolute Gasteiger partial charge is 0.303 e. The number of carbonyl (C=O) groups is 3. The Morgan fingerprint density at radius 3 is 1.30 bits per heavy atom. The molecular formula is C30H55NO6. The van der Waals surface area contributed by atoms with E-state index in [9.17, 15) is 19.5 Å². The second-order valence-electron chi connectivity index (χ2n) is 10.7. The minimum atomic E-state index is -1.07. The van der Waals surface area contributed by atoms with Crippen LogP contribution in [0.1, 0.15) is 135 Å². The third-order valence-corrected chi connectivity index (χ3v) is 7.30. The highest BCUT2D eigenvalue weighted by Crippen LogP contribution is 2.19. The molecule has 0 radical (unpaired) electrons. The molecule has 0 fully saturated rings. The number of nitrogens with zero attached hydrogens (tertiary/aromatic N) is 1. The van der Waals surface area contributed by atoms with Gasteiger partial charge in [-0.2, -0.15) is 0 Å². The average molecular weight is 526 g/mol. The van der Waals surface area contributed by atoms with Gasteiger partial charge in [-0.1, -0.05) is 76.4 Å². The zero-order chi connectivity index (χ0) is 27.6. The van der Waals surface area contributed by atoms with E-state index >= 15 is 0 Å². The zero-order valence-corrected chi connectivity index (χ0v) is 23.6. The Morgan fingerprint density at radius 2 is 0.919 bits per heavy atom. The van der Waals surface area contributed by atoms with Gasteiger partial charge in [0.1, 0.15) is 0 Å². The van der Waals surface area contributed by atoms with Crippen molar-refractivity contribution in [2.24, 2.45) is 0 Å². The predicted octanol–water partition coefficient (Wildman–Crippen LogP) is 6.10. The van der Waals surface area contributed by atoms with E-state index < -0.39 is 17.9 Å². The van der Waals surface area contributed by atoms with Gasteiger partial charge in [-0.15, -0.1) is 0 Å². The minimum absolute atomic E-state index is 0.0194. The van der Waals surface area contributed by atoms with Crippen LogP contribution in [0.4, 0.5) is 0 Å². The topological polar surface area (TPSA) is 115 Å². The monoisotopic (exact) mass is 525 g/mol. The van der Waals surface area contributed by atoms with Gasteiger partial charge in [0.15, 0.2) is 0 Å². The third kappa shape index (κ3) is 24.2. The molecule has 0 saturated heterocycles. The van der Waals surface area contributed by atoms with Crippen LogP contribution in [-0.4, -0.2) is 58.8 Å². The van der Waals surface area contributed by atoms with Gasteiger partial charge in [-0.05, 0) is 39.0 Å². The number of allylic oxidation sites excluding steroid dienone is 2. The molecule has 37 heavy (non-hydrogen) atoms. The van der Waals surface area contributed by atoms with Crippen LogP contribution in [0.2, 0.25) is 0 Å². The van der Waals surface area contributed by atoms with Crippen molar-refractivity contribution in [3.8, 4) is 0 Å². The Hall–Kier alpha value is -1.89. The lowest BCUT2D eigenvalue weighted by molar-refractivity contribution is -0.929. The normalized spacial score (nSPS) is 11.8. The summed E-state index contributed by atoms with van der Waals surface area (Å²) in [6.45, 7) is 4.85. The molecule has 7 heteroatoms. The van der Waals surface area contributed by atoms with Crippen molar-refractivity contribution < 1.29 is 34.2 Å². The summed E-state index contributed by atoms with van der Waals surface area (Å²) < 4.78 is 0.614. The Morgan fingerprint density at radius 1 is 0.568 bits per heavy atom. The Balaban J connectivity index is 4.24. The van der Waals surface area contributed by atoms with Crippen molar-refractivity contribution in [3.05, 3.63) is 12.2 Å². The number of carboxylic acids is 3. The summed E-state index contributed by atoms with van der Waals surface area (Å²) in [5, 5.41) is 29.1. The van der Waals surface area contributed by atoms with Crippen molar-refractivity contribution in [3.63, 3.8) is 0 Å². The Bertz CT molecular complexity index is 569. The van der Waals surface area contributed by atoms with Gasteiger partial charge in [0.25, 0.3) is 0 Å². The zero-order valence-electron chi connectivity index (χ0n) is 23.6. The molecule has 0 aromatic heterocycles. The molecule has 0 aromatic carbocycles. The summed E-state index contributed by atoms with van der Waals surface area (Å²) in [5.41, 5.74) is 0. The van der Waals surface area contributed by atoms with E-state index in [1.54, 1.807) is 0 Å². The first-order chi connectivity index (χ1) is 17.8. The highest BCUT2D eigenvalue weighted by Gasteiger charge is 2.26. The van der Waals surface area contributed by atoms with Crippen LogP contribution in [-0.2, 0) is 14.4 Å². The molecule has 0 unspecified atom stereocenters. The van der Waals surface area contributed by atoms with Gasteiger partial charge in [0.05, 0.1) is 39.0 Å². The molecule has 2 N–H and O–H groups in total. The van der Waals surface area contributed by atoms with Crippen LogP contribution in [0.5, 0.6) is 0 Å². The SMILES string of the molecule is C/C=C/CCCCCCCCCCCCCCC[N+](CCCC(=O)[O-])(CCCC(=O)O)CCCC(=O)O. The Kier molecular flexibility index (Phi) is 23.2. The van der Waals surface area contributed by atoms with Crippen LogP contribution in [0.15, 0.2) is 12.2 Å². The second kappa shape index (κ2) is 24.4. The van der Waals surface area contributed by atoms with E-state index in [1.165, 1.54) is 77.0 Å². The van der Waals surface area contributed by atoms with E-state index in [0.717, 1.165) is 19.4 Å². The first-order valence-corrected chi connectivity index (χ1v) is 14.9. The van der Waals surface area contributed by atoms with E-state index in [0.29, 0.717) is 43.4 Å². The molecule has 0 spiro atoms. The van der Waals surface area contributed by atoms with Gasteiger partial charge in [-0.25, -0.2) is 0 Å². The summed E-state index contributed by atoms with van der Waals surface area (Å²) in [6.07, 6.45) is 23.7. The lowest BCUT2D eigenvalue weighted by Gasteiger charge is -2.39. The molecule has 7 nitrogen and oxygen atoms in total. The number of quaternary nitrogens is 1. The molecule has 0 heterocycles. The summed E-state index contributed by atoms with van der Waals surface area (Å²) in [7, 11) is 0. The number of unbranched alkanes of at least 4 members (excludes halogenated alkanes) is 13. The molecule has 0 bridgehead atoms. The van der Waals surface area contributed by atoms with Crippen molar-refractivity contribution >= 4 is 17.9 Å². The Labute approximate surface area is 225 Å². The van der Waals surface area contributed by atoms with Gasteiger partial charge < -0.3 is 24.6 Å². The van der Waals surface area contributed by atoms with E-state index in [2.05, 4.69) is 19.1 Å². The number of carbonyl (C=O) groups excluding carboxylic acids is 1. The lowest BCUT2D eigenvalue weighted by atomic mass is 10.0. The summed E-state index contributed by atoms with van der Waals surface area (Å²) >= 11 is 0. The van der Waals surface area contributed by atoms with Gasteiger partial charge in [-0.3, -0.25) is 9.59 Å². The van der Waals surface area contributed by atoms with Crippen molar-refractivity contribution in [1.82, 2.24) is 0 Å². The number of aliphatic carboxylic acids is 3. The number of hydrogen-bond donors (Lipinski definition) is 2. The van der Waals surface area contributed by atoms with Crippen LogP contribution in [0, 0.1) is 0 Å². The van der Waals surface area contributed by atoms with Crippen molar-refractivity contribution in [1.29, 1.82) is 0 Å². The van der Waals surface area contributed by atoms with E-state index in [1.807, 2.05) is 0 Å². The maximum absolute atomic E-state index is 11.0. The predicted molar refractivity (Wildman–Crippen MR) is 147 cm³/mol. The van der Waals surface area contributed by atoms with Gasteiger partial charge >= 0.3 is 11.9 Å². The molecular weight excluding hydrogens is 470 g/mol. The second-order valence-corrected chi connectivity index (χ2v) is 10.7. The molecule has 0 aliphatic carbocycles. The lowest BCUT2D eigenvalue weighted by Crippen LogP contribution is -2.51. The molecule has 216 valence electrons. The maximum Gasteiger partial charge on any atom is 0.303 e. The molecule has 0 aromatic rings. The molecule has 0 aliphatic heterocycles. The van der Waals surface area contributed by atoms with Crippen LogP contribution in [0.3, 0.4) is 0 Å². The third-order valence-electron chi connectivity index (χ3n) is 7.30. The molecule has 0 rings (SSSR count). The van der Waals surface area contributed by atoms with Crippen molar-refractivity contribution in [2.45, 2.75) is 135 Å². The molecule has 0 aliphatic rings. The fraction of sp³-hybridized carbons (Fsp3) is 0.833. The minimum Gasteiger partial charge on any atom is -0.550 e. The fourth-order valence-corrected chi connectivity index (χ4v) is 5.18. The number of carboxylic acid groups (broad SMARTS) is 3. The summed E-state index contributed by atoms with van der Waals surface area (Å²) in [4.78, 5) is 33.0. The molecule has 0 amide bonds. The van der Waals surface area contributed by atoms with E-state index in [-0.39, 0.29) is 19.3 Å².